The molecule has 0 fully saturated rings. The summed E-state index contributed by atoms with van der Waals surface area (Å²) in [5.74, 6) is 0.140. The molecule has 3 heterocycles. The quantitative estimate of drug-likeness (QED) is 0.734. The number of hydrogen-bond donors (Lipinski definition) is 0. The summed E-state index contributed by atoms with van der Waals surface area (Å²) in [4.78, 5) is 19.4. The third-order valence-electron chi connectivity index (χ3n) is 4.47. The van der Waals surface area contributed by atoms with E-state index in [1.54, 1.807) is 11.3 Å². The number of carbonyl (C=O) groups is 1. The second-order valence-corrected chi connectivity index (χ2v) is 7.12. The van der Waals surface area contributed by atoms with Gasteiger partial charge in [-0.2, -0.15) is 0 Å². The first-order chi connectivity index (χ1) is 11.7. The molecule has 0 saturated heterocycles. The molecule has 2 aromatic heterocycles. The summed E-state index contributed by atoms with van der Waals surface area (Å²) >= 11 is 1.59. The molecule has 0 unspecified atom stereocenters. The van der Waals surface area contributed by atoms with Crippen LogP contribution in [-0.2, 0) is 17.8 Å². The van der Waals surface area contributed by atoms with Gasteiger partial charge in [0.2, 0.25) is 5.91 Å². The zero-order valence-electron chi connectivity index (χ0n) is 13.6. The Balaban J connectivity index is 1.67. The van der Waals surface area contributed by atoms with Crippen LogP contribution in [0.2, 0.25) is 0 Å². The van der Waals surface area contributed by atoms with Crippen LogP contribution in [0.3, 0.4) is 0 Å². The number of aromatic nitrogens is 2. The van der Waals surface area contributed by atoms with E-state index in [0.717, 1.165) is 29.4 Å². The van der Waals surface area contributed by atoms with Gasteiger partial charge >= 0.3 is 0 Å². The van der Waals surface area contributed by atoms with Gasteiger partial charge in [0.25, 0.3) is 0 Å². The predicted molar refractivity (Wildman–Crippen MR) is 95.0 cm³/mol. The van der Waals surface area contributed by atoms with Gasteiger partial charge in [-0.3, -0.25) is 4.79 Å². The van der Waals surface area contributed by atoms with Crippen LogP contribution in [0, 0.1) is 6.92 Å². The number of aryl methyl sites for hydroxylation is 1. The van der Waals surface area contributed by atoms with E-state index in [9.17, 15) is 4.79 Å². The molecule has 1 aromatic carbocycles. The summed E-state index contributed by atoms with van der Waals surface area (Å²) < 4.78 is 2.24. The fraction of sp³-hybridized carbons (Fsp3) is 0.263. The molecule has 0 radical (unpaired) electrons. The van der Waals surface area contributed by atoms with Crippen molar-refractivity contribution >= 4 is 17.2 Å². The van der Waals surface area contributed by atoms with Crippen LogP contribution in [0.25, 0.3) is 0 Å². The number of benzene rings is 1. The molecule has 122 valence electrons. The van der Waals surface area contributed by atoms with Gasteiger partial charge in [0, 0.05) is 30.4 Å². The molecule has 5 heteroatoms. The Bertz CT molecular complexity index is 852. The highest BCUT2D eigenvalue weighted by Gasteiger charge is 2.32. The number of amides is 1. The standard InChI is InChI=1S/C19H19N3OS/c1-14-20-16(13-24-14)12-18(23)22-11-10-21-9-5-8-17(21)19(22)15-6-3-2-4-7-15/h2-9,13,19H,10-12H2,1H3/t19-/m0/s1. The van der Waals surface area contributed by atoms with Crippen molar-refractivity contribution in [2.75, 3.05) is 6.54 Å². The Labute approximate surface area is 145 Å². The summed E-state index contributed by atoms with van der Waals surface area (Å²) in [6, 6.07) is 14.4. The van der Waals surface area contributed by atoms with E-state index >= 15 is 0 Å². The molecule has 1 aliphatic heterocycles. The first kappa shape index (κ1) is 15.1. The summed E-state index contributed by atoms with van der Waals surface area (Å²) in [7, 11) is 0. The van der Waals surface area contributed by atoms with Crippen molar-refractivity contribution in [3.8, 4) is 0 Å². The van der Waals surface area contributed by atoms with Crippen molar-refractivity contribution in [2.45, 2.75) is 25.9 Å². The van der Waals surface area contributed by atoms with Gasteiger partial charge in [-0.25, -0.2) is 4.98 Å². The average Bonchev–Trinajstić information content (AvgIpc) is 3.23. The molecule has 1 aliphatic rings. The fourth-order valence-electron chi connectivity index (χ4n) is 3.38. The topological polar surface area (TPSA) is 38.1 Å². The normalized spacial score (nSPS) is 16.9. The van der Waals surface area contributed by atoms with Crippen LogP contribution in [0.5, 0.6) is 0 Å². The predicted octanol–water partition coefficient (Wildman–Crippen LogP) is 3.43. The first-order valence-electron chi connectivity index (χ1n) is 8.13. The molecule has 4 rings (SSSR count). The maximum Gasteiger partial charge on any atom is 0.229 e. The number of rotatable bonds is 3. The van der Waals surface area contributed by atoms with E-state index in [1.807, 2.05) is 35.4 Å². The average molecular weight is 337 g/mol. The molecule has 0 N–H and O–H groups in total. The SMILES string of the molecule is Cc1nc(CC(=O)N2CCn3cccc3[C@@H]2c2ccccc2)cs1. The lowest BCUT2D eigenvalue weighted by atomic mass is 9.99. The lowest BCUT2D eigenvalue weighted by Gasteiger charge is -2.37. The number of hydrogen-bond acceptors (Lipinski definition) is 3. The number of thiazole rings is 1. The third kappa shape index (κ3) is 2.76. The van der Waals surface area contributed by atoms with Crippen molar-refractivity contribution in [3.05, 3.63) is 76.0 Å². The Kier molecular flexibility index (Phi) is 3.94. The molecule has 24 heavy (non-hydrogen) atoms. The minimum absolute atomic E-state index is 0.0258. The van der Waals surface area contributed by atoms with Crippen LogP contribution in [0.4, 0.5) is 0 Å². The Morgan fingerprint density at radius 2 is 2.04 bits per heavy atom. The zero-order chi connectivity index (χ0) is 16.5. The van der Waals surface area contributed by atoms with Gasteiger partial charge in [0.05, 0.1) is 23.2 Å². The van der Waals surface area contributed by atoms with Crippen molar-refractivity contribution in [3.63, 3.8) is 0 Å². The van der Waals surface area contributed by atoms with Crippen molar-refractivity contribution < 1.29 is 4.79 Å². The number of fused-ring (bicyclic) bond motifs is 1. The van der Waals surface area contributed by atoms with Crippen LogP contribution in [-0.4, -0.2) is 26.9 Å². The number of nitrogens with zero attached hydrogens (tertiary/aromatic N) is 3. The molecule has 0 aliphatic carbocycles. The number of carbonyl (C=O) groups excluding carboxylic acids is 1. The highest BCUT2D eigenvalue weighted by Crippen LogP contribution is 2.32. The lowest BCUT2D eigenvalue weighted by molar-refractivity contribution is -0.133. The molecular weight excluding hydrogens is 318 g/mol. The van der Waals surface area contributed by atoms with E-state index < -0.39 is 0 Å². The van der Waals surface area contributed by atoms with Gasteiger partial charge in [-0.15, -0.1) is 11.3 Å². The minimum atomic E-state index is -0.0258. The van der Waals surface area contributed by atoms with Gasteiger partial charge in [0.15, 0.2) is 0 Å². The molecule has 0 bridgehead atoms. The summed E-state index contributed by atoms with van der Waals surface area (Å²) in [5, 5.41) is 2.99. The fourth-order valence-corrected chi connectivity index (χ4v) is 4.00. The van der Waals surface area contributed by atoms with Crippen LogP contribution in [0.1, 0.15) is 28.0 Å². The Morgan fingerprint density at radius 1 is 1.21 bits per heavy atom. The molecule has 0 spiro atoms. The van der Waals surface area contributed by atoms with E-state index in [0.29, 0.717) is 6.42 Å². The molecule has 1 atom stereocenters. The highest BCUT2D eigenvalue weighted by atomic mass is 32.1. The van der Waals surface area contributed by atoms with Gasteiger partial charge in [-0.1, -0.05) is 30.3 Å². The molecule has 4 nitrogen and oxygen atoms in total. The van der Waals surface area contributed by atoms with Crippen LogP contribution in [0.15, 0.2) is 54.0 Å². The van der Waals surface area contributed by atoms with E-state index in [-0.39, 0.29) is 11.9 Å². The van der Waals surface area contributed by atoms with Crippen LogP contribution >= 0.6 is 11.3 Å². The lowest BCUT2D eigenvalue weighted by Crippen LogP contribution is -2.43. The zero-order valence-corrected chi connectivity index (χ0v) is 14.4. The van der Waals surface area contributed by atoms with E-state index in [2.05, 4.69) is 40.0 Å². The second kappa shape index (κ2) is 6.24. The smallest absolute Gasteiger partial charge is 0.229 e. The van der Waals surface area contributed by atoms with Gasteiger partial charge < -0.3 is 9.47 Å². The molecule has 3 aromatic rings. The van der Waals surface area contributed by atoms with Crippen molar-refractivity contribution in [2.24, 2.45) is 0 Å². The summed E-state index contributed by atoms with van der Waals surface area (Å²) in [6.07, 6.45) is 2.46. The minimum Gasteiger partial charge on any atom is -0.348 e. The maximum absolute atomic E-state index is 13.0. The first-order valence-corrected chi connectivity index (χ1v) is 9.01. The maximum atomic E-state index is 13.0. The molecular formula is C19H19N3OS. The third-order valence-corrected chi connectivity index (χ3v) is 5.30. The largest absolute Gasteiger partial charge is 0.348 e. The van der Waals surface area contributed by atoms with Crippen molar-refractivity contribution in [1.82, 2.24) is 14.5 Å². The Hall–Kier alpha value is -2.40. The monoisotopic (exact) mass is 337 g/mol. The molecule has 1 amide bonds. The van der Waals surface area contributed by atoms with Gasteiger partial charge in [0.1, 0.15) is 0 Å². The molecule has 0 saturated carbocycles. The highest BCUT2D eigenvalue weighted by molar-refractivity contribution is 7.09. The van der Waals surface area contributed by atoms with Gasteiger partial charge in [-0.05, 0) is 24.6 Å². The summed E-state index contributed by atoms with van der Waals surface area (Å²) in [5.41, 5.74) is 3.20. The van der Waals surface area contributed by atoms with E-state index in [4.69, 9.17) is 0 Å². The van der Waals surface area contributed by atoms with Crippen LogP contribution < -0.4 is 0 Å². The van der Waals surface area contributed by atoms with Crippen molar-refractivity contribution in [1.29, 1.82) is 0 Å². The summed E-state index contributed by atoms with van der Waals surface area (Å²) in [6.45, 7) is 3.54. The second-order valence-electron chi connectivity index (χ2n) is 6.06. The van der Waals surface area contributed by atoms with E-state index in [1.165, 1.54) is 5.69 Å². The Morgan fingerprint density at radius 3 is 2.79 bits per heavy atom.